The van der Waals surface area contributed by atoms with Crippen molar-refractivity contribution in [2.75, 3.05) is 31.9 Å². The van der Waals surface area contributed by atoms with Gasteiger partial charge in [0.05, 0.1) is 18.8 Å². The van der Waals surface area contributed by atoms with E-state index in [0.717, 1.165) is 50.2 Å². The first-order valence-electron chi connectivity index (χ1n) is 10.3. The van der Waals surface area contributed by atoms with Crippen molar-refractivity contribution in [3.05, 3.63) is 41.7 Å². The molecule has 0 aliphatic carbocycles. The maximum Gasteiger partial charge on any atom is 0.233 e. The number of aromatic nitrogens is 3. The maximum atomic E-state index is 12.4. The van der Waals surface area contributed by atoms with Crippen molar-refractivity contribution in [3.8, 4) is 0 Å². The fourth-order valence-corrected chi connectivity index (χ4v) is 4.44. The van der Waals surface area contributed by atoms with Crippen molar-refractivity contribution in [1.29, 1.82) is 0 Å². The van der Waals surface area contributed by atoms with E-state index in [9.17, 15) is 4.79 Å². The van der Waals surface area contributed by atoms with Gasteiger partial charge in [-0.1, -0.05) is 48.5 Å². The topological polar surface area (TPSA) is 54.3 Å². The van der Waals surface area contributed by atoms with E-state index in [1.165, 1.54) is 36.6 Å². The second-order valence-corrected chi connectivity index (χ2v) is 8.10. The summed E-state index contributed by atoms with van der Waals surface area (Å²) in [6.07, 6.45) is 3.83. The normalized spacial score (nSPS) is 14.9. The number of carbonyl (C=O) groups excluding carboxylic acids is 1. The molecule has 1 aliphatic rings. The van der Waals surface area contributed by atoms with Gasteiger partial charge in [-0.2, -0.15) is 0 Å². The maximum absolute atomic E-state index is 12.4. The number of hydrogen-bond acceptors (Lipinski definition) is 5. The van der Waals surface area contributed by atoms with E-state index in [2.05, 4.69) is 43.9 Å². The highest BCUT2D eigenvalue weighted by Crippen LogP contribution is 2.21. The molecule has 1 saturated heterocycles. The van der Waals surface area contributed by atoms with E-state index in [-0.39, 0.29) is 5.91 Å². The Morgan fingerprint density at radius 3 is 2.43 bits per heavy atom. The van der Waals surface area contributed by atoms with Gasteiger partial charge in [0.1, 0.15) is 5.82 Å². The van der Waals surface area contributed by atoms with Crippen LogP contribution in [0, 0.1) is 0 Å². The zero-order valence-corrected chi connectivity index (χ0v) is 17.8. The molecule has 0 saturated carbocycles. The summed E-state index contributed by atoms with van der Waals surface area (Å²) < 4.78 is 2.18. The average molecular weight is 402 g/mol. The number of thioether (sulfide) groups is 1. The van der Waals surface area contributed by atoms with E-state index < -0.39 is 0 Å². The minimum absolute atomic E-state index is 0.154. The molecule has 0 atom stereocenters. The lowest BCUT2D eigenvalue weighted by Crippen LogP contribution is -2.32. The Kier molecular flexibility index (Phi) is 7.91. The lowest BCUT2D eigenvalue weighted by atomic mass is 10.1. The lowest BCUT2D eigenvalue weighted by Gasteiger charge is -2.26. The van der Waals surface area contributed by atoms with Crippen LogP contribution in [0.5, 0.6) is 0 Å². The van der Waals surface area contributed by atoms with Crippen LogP contribution in [0.4, 0.5) is 0 Å². The van der Waals surface area contributed by atoms with Crippen LogP contribution < -0.4 is 0 Å². The van der Waals surface area contributed by atoms with Crippen LogP contribution in [-0.4, -0.2) is 62.4 Å². The fourth-order valence-electron chi connectivity index (χ4n) is 3.58. The number of nitrogens with zero attached hydrogens (tertiary/aromatic N) is 5. The summed E-state index contributed by atoms with van der Waals surface area (Å²) in [5, 5.41) is 9.76. The van der Waals surface area contributed by atoms with Crippen molar-refractivity contribution in [3.63, 3.8) is 0 Å². The Morgan fingerprint density at radius 2 is 1.75 bits per heavy atom. The molecule has 0 spiro atoms. The molecular formula is C21H31N5OS. The first-order chi connectivity index (χ1) is 13.7. The minimum Gasteiger partial charge on any atom is -0.343 e. The molecule has 0 bridgehead atoms. The van der Waals surface area contributed by atoms with Gasteiger partial charge >= 0.3 is 0 Å². The molecule has 0 radical (unpaired) electrons. The summed E-state index contributed by atoms with van der Waals surface area (Å²) in [6.45, 7) is 9.33. The summed E-state index contributed by atoms with van der Waals surface area (Å²) in [5.74, 6) is 1.54. The molecule has 1 fully saturated rings. The largest absolute Gasteiger partial charge is 0.343 e. The van der Waals surface area contributed by atoms with Crippen molar-refractivity contribution in [2.24, 2.45) is 0 Å². The highest BCUT2D eigenvalue weighted by Gasteiger charge is 2.19. The standard InChI is InChI=1S/C21H31N5OS/c1-3-25(4-2)20(27)17-28-21-23-22-19(16-24-13-9-6-10-14-24)26(21)15-18-11-7-5-8-12-18/h5,7-8,11-12H,3-4,6,9-10,13-17H2,1-2H3. The number of rotatable bonds is 9. The first-order valence-corrected chi connectivity index (χ1v) is 11.3. The van der Waals surface area contributed by atoms with Crippen LogP contribution in [0.15, 0.2) is 35.5 Å². The van der Waals surface area contributed by atoms with Crippen LogP contribution >= 0.6 is 11.8 Å². The van der Waals surface area contributed by atoms with E-state index in [4.69, 9.17) is 0 Å². The summed E-state index contributed by atoms with van der Waals surface area (Å²) in [7, 11) is 0. The van der Waals surface area contributed by atoms with Gasteiger partial charge in [0, 0.05) is 13.1 Å². The highest BCUT2D eigenvalue weighted by molar-refractivity contribution is 7.99. The zero-order valence-electron chi connectivity index (χ0n) is 17.0. The molecule has 7 heteroatoms. The molecule has 3 rings (SSSR count). The number of carbonyl (C=O) groups is 1. The lowest BCUT2D eigenvalue weighted by molar-refractivity contribution is -0.127. The first kappa shape index (κ1) is 20.9. The third-order valence-electron chi connectivity index (χ3n) is 5.23. The molecule has 0 N–H and O–H groups in total. The number of amides is 1. The van der Waals surface area contributed by atoms with Crippen LogP contribution in [0.2, 0.25) is 0 Å². The molecular weight excluding hydrogens is 370 g/mol. The number of likely N-dealkylation sites (tertiary alicyclic amines) is 1. The molecule has 1 aliphatic heterocycles. The van der Waals surface area contributed by atoms with E-state index >= 15 is 0 Å². The number of benzene rings is 1. The molecule has 28 heavy (non-hydrogen) atoms. The molecule has 2 aromatic rings. The van der Waals surface area contributed by atoms with Gasteiger partial charge in [-0.05, 0) is 45.3 Å². The van der Waals surface area contributed by atoms with E-state index in [1.807, 2.05) is 24.8 Å². The Labute approximate surface area is 172 Å². The van der Waals surface area contributed by atoms with Crippen molar-refractivity contribution >= 4 is 17.7 Å². The molecule has 2 heterocycles. The van der Waals surface area contributed by atoms with Gasteiger partial charge in [-0.15, -0.1) is 10.2 Å². The third kappa shape index (κ3) is 5.58. The zero-order chi connectivity index (χ0) is 19.8. The van der Waals surface area contributed by atoms with Gasteiger partial charge < -0.3 is 9.47 Å². The summed E-state index contributed by atoms with van der Waals surface area (Å²) >= 11 is 1.50. The van der Waals surface area contributed by atoms with Crippen molar-refractivity contribution < 1.29 is 4.79 Å². The van der Waals surface area contributed by atoms with Gasteiger partial charge in [-0.25, -0.2) is 0 Å². The number of piperidine rings is 1. The Morgan fingerprint density at radius 1 is 1.04 bits per heavy atom. The SMILES string of the molecule is CCN(CC)C(=O)CSc1nnc(CN2CCCCC2)n1Cc1ccccc1. The van der Waals surface area contributed by atoms with Crippen molar-refractivity contribution in [2.45, 2.75) is 51.4 Å². The fraction of sp³-hybridized carbons (Fsp3) is 0.571. The Hall–Kier alpha value is -1.86. The quantitative estimate of drug-likeness (QED) is 0.604. The van der Waals surface area contributed by atoms with Gasteiger partial charge in [0.15, 0.2) is 5.16 Å². The highest BCUT2D eigenvalue weighted by atomic mass is 32.2. The molecule has 0 unspecified atom stereocenters. The average Bonchev–Trinajstić information content (AvgIpc) is 3.10. The summed E-state index contributed by atoms with van der Waals surface area (Å²) in [5.41, 5.74) is 1.22. The second-order valence-electron chi connectivity index (χ2n) is 7.16. The Balaban J connectivity index is 1.75. The number of hydrogen-bond donors (Lipinski definition) is 0. The van der Waals surface area contributed by atoms with E-state index in [1.54, 1.807) is 0 Å². The summed E-state index contributed by atoms with van der Waals surface area (Å²) in [4.78, 5) is 16.7. The second kappa shape index (κ2) is 10.6. The summed E-state index contributed by atoms with van der Waals surface area (Å²) in [6, 6.07) is 10.4. The molecule has 1 aromatic heterocycles. The van der Waals surface area contributed by atoms with E-state index in [0.29, 0.717) is 5.75 Å². The smallest absolute Gasteiger partial charge is 0.233 e. The van der Waals surface area contributed by atoms with Gasteiger partial charge in [0.2, 0.25) is 5.91 Å². The van der Waals surface area contributed by atoms with Crippen LogP contribution in [0.3, 0.4) is 0 Å². The Bertz CT molecular complexity index is 739. The predicted molar refractivity (Wildman–Crippen MR) is 113 cm³/mol. The van der Waals surface area contributed by atoms with Gasteiger partial charge in [0.25, 0.3) is 0 Å². The van der Waals surface area contributed by atoms with Crippen molar-refractivity contribution in [1.82, 2.24) is 24.6 Å². The molecule has 1 aromatic carbocycles. The third-order valence-corrected chi connectivity index (χ3v) is 6.18. The minimum atomic E-state index is 0.154. The monoisotopic (exact) mass is 401 g/mol. The molecule has 152 valence electrons. The van der Waals surface area contributed by atoms with Crippen LogP contribution in [0.1, 0.15) is 44.5 Å². The molecule has 1 amide bonds. The predicted octanol–water partition coefficient (Wildman–Crippen LogP) is 3.27. The van der Waals surface area contributed by atoms with Crippen LogP contribution in [0.25, 0.3) is 0 Å². The molecule has 6 nitrogen and oxygen atoms in total. The van der Waals surface area contributed by atoms with Crippen LogP contribution in [-0.2, 0) is 17.9 Å². The van der Waals surface area contributed by atoms with Gasteiger partial charge in [-0.3, -0.25) is 9.69 Å².